The molecular weight excluding hydrogens is 602 g/mol. The summed E-state index contributed by atoms with van der Waals surface area (Å²) >= 11 is 5.94. The van der Waals surface area contributed by atoms with Gasteiger partial charge in [-0.25, -0.2) is 16.8 Å². The Morgan fingerprint density at radius 2 is 1.31 bits per heavy atom. The highest BCUT2D eigenvalue weighted by Gasteiger charge is 2.27. The minimum atomic E-state index is -4.17. The molecule has 0 bridgehead atoms. The maximum Gasteiger partial charge on any atom is 0.264 e. The number of carbonyl (C=O) groups excluding carboxylic acids is 1. The standard InChI is InChI=1S/C29H28ClN3O7S2/c1-3-40-26-14-10-24(11-15-26)33(42(37,38)28-16-4-21(30)5-17-28)20-29(34)31-22-8-18-27(19-9-22)41(35,36)32-23-6-12-25(39-2)13-7-23/h4-19,32H,3,20H2,1-2H3,(H,31,34). The number of nitrogens with zero attached hydrogens (tertiary/aromatic N) is 1. The molecule has 1 amide bonds. The topological polar surface area (TPSA) is 131 Å². The highest BCUT2D eigenvalue weighted by Crippen LogP contribution is 2.27. The molecule has 0 radical (unpaired) electrons. The van der Waals surface area contributed by atoms with Crippen LogP contribution in [0, 0.1) is 0 Å². The maximum absolute atomic E-state index is 13.6. The van der Waals surface area contributed by atoms with E-state index in [2.05, 4.69) is 10.0 Å². The number of amides is 1. The van der Waals surface area contributed by atoms with Gasteiger partial charge in [0.25, 0.3) is 20.0 Å². The second-order valence-electron chi connectivity index (χ2n) is 8.80. The highest BCUT2D eigenvalue weighted by atomic mass is 35.5. The van der Waals surface area contributed by atoms with Crippen LogP contribution in [0.5, 0.6) is 11.5 Å². The van der Waals surface area contributed by atoms with Crippen LogP contribution in [-0.2, 0) is 24.8 Å². The number of nitrogens with one attached hydrogen (secondary N) is 2. The maximum atomic E-state index is 13.6. The lowest BCUT2D eigenvalue weighted by Gasteiger charge is -2.24. The van der Waals surface area contributed by atoms with E-state index >= 15 is 0 Å². The fourth-order valence-electron chi connectivity index (χ4n) is 3.85. The van der Waals surface area contributed by atoms with Crippen LogP contribution in [0.2, 0.25) is 5.02 Å². The summed E-state index contributed by atoms with van der Waals surface area (Å²) in [5, 5.41) is 2.99. The van der Waals surface area contributed by atoms with E-state index < -0.39 is 32.5 Å². The van der Waals surface area contributed by atoms with Crippen LogP contribution in [-0.4, -0.2) is 43.0 Å². The van der Waals surface area contributed by atoms with Crippen molar-refractivity contribution < 1.29 is 31.1 Å². The molecule has 0 saturated carbocycles. The van der Waals surface area contributed by atoms with Crippen LogP contribution >= 0.6 is 11.6 Å². The third kappa shape index (κ3) is 7.52. The molecule has 0 aliphatic carbocycles. The Hall–Kier alpha value is -4.26. The number of benzene rings is 4. The Kier molecular flexibility index (Phi) is 9.61. The Balaban J connectivity index is 1.52. The van der Waals surface area contributed by atoms with Gasteiger partial charge in [0.1, 0.15) is 18.0 Å². The second-order valence-corrected chi connectivity index (χ2v) is 12.8. The molecule has 10 nitrogen and oxygen atoms in total. The number of ether oxygens (including phenoxy) is 2. The van der Waals surface area contributed by atoms with Gasteiger partial charge in [0, 0.05) is 16.4 Å². The SMILES string of the molecule is CCOc1ccc(N(CC(=O)Nc2ccc(S(=O)(=O)Nc3ccc(OC)cc3)cc2)S(=O)(=O)c2ccc(Cl)cc2)cc1. The van der Waals surface area contributed by atoms with Gasteiger partial charge in [0.2, 0.25) is 5.91 Å². The Bertz CT molecular complexity index is 1730. The number of sulfonamides is 2. The fraction of sp³-hybridized carbons (Fsp3) is 0.138. The number of anilines is 3. The Morgan fingerprint density at radius 1 is 0.762 bits per heavy atom. The minimum absolute atomic E-state index is 0.0300. The lowest BCUT2D eigenvalue weighted by atomic mass is 10.3. The summed E-state index contributed by atoms with van der Waals surface area (Å²) in [5.41, 5.74) is 0.873. The molecule has 0 heterocycles. The van der Waals surface area contributed by atoms with Gasteiger partial charge in [-0.1, -0.05) is 11.6 Å². The van der Waals surface area contributed by atoms with Crippen molar-refractivity contribution in [2.24, 2.45) is 0 Å². The molecular formula is C29H28ClN3O7S2. The largest absolute Gasteiger partial charge is 0.497 e. The molecule has 0 aliphatic rings. The van der Waals surface area contributed by atoms with Gasteiger partial charge in [-0.2, -0.15) is 0 Å². The van der Waals surface area contributed by atoms with Gasteiger partial charge >= 0.3 is 0 Å². The molecule has 4 aromatic carbocycles. The predicted molar refractivity (Wildman–Crippen MR) is 162 cm³/mol. The molecule has 4 rings (SSSR count). The van der Waals surface area contributed by atoms with Crippen LogP contribution in [0.25, 0.3) is 0 Å². The molecule has 0 unspecified atom stereocenters. The van der Waals surface area contributed by atoms with Crippen molar-refractivity contribution in [3.63, 3.8) is 0 Å². The van der Waals surface area contributed by atoms with Crippen molar-refractivity contribution in [2.75, 3.05) is 34.6 Å². The monoisotopic (exact) mass is 629 g/mol. The first kappa shape index (κ1) is 30.7. The molecule has 0 atom stereocenters. The van der Waals surface area contributed by atoms with Crippen molar-refractivity contribution in [2.45, 2.75) is 16.7 Å². The summed E-state index contributed by atoms with van der Waals surface area (Å²) in [5.74, 6) is 0.486. The lowest BCUT2D eigenvalue weighted by Crippen LogP contribution is -2.38. The molecule has 2 N–H and O–H groups in total. The minimum Gasteiger partial charge on any atom is -0.497 e. The molecule has 4 aromatic rings. The zero-order chi connectivity index (χ0) is 30.3. The van der Waals surface area contributed by atoms with Gasteiger partial charge in [-0.15, -0.1) is 0 Å². The first-order valence-corrected chi connectivity index (χ1v) is 15.9. The van der Waals surface area contributed by atoms with E-state index in [9.17, 15) is 21.6 Å². The summed E-state index contributed by atoms with van der Waals surface area (Å²) in [7, 11) is -6.56. The van der Waals surface area contributed by atoms with E-state index in [0.29, 0.717) is 28.8 Å². The normalized spacial score (nSPS) is 11.4. The van der Waals surface area contributed by atoms with E-state index in [-0.39, 0.29) is 21.2 Å². The average Bonchev–Trinajstić information content (AvgIpc) is 2.97. The molecule has 42 heavy (non-hydrogen) atoms. The van der Waals surface area contributed by atoms with Crippen LogP contribution in [0.4, 0.5) is 17.1 Å². The van der Waals surface area contributed by atoms with E-state index in [1.165, 1.54) is 55.6 Å². The summed E-state index contributed by atoms with van der Waals surface area (Å²) in [4.78, 5) is 13.0. The molecule has 0 aliphatic heterocycles. The van der Waals surface area contributed by atoms with Crippen LogP contribution in [0.1, 0.15) is 6.92 Å². The Morgan fingerprint density at radius 3 is 1.88 bits per heavy atom. The van der Waals surface area contributed by atoms with Crippen LogP contribution < -0.4 is 23.8 Å². The zero-order valence-corrected chi connectivity index (χ0v) is 25.0. The van der Waals surface area contributed by atoms with Gasteiger partial charge in [0.05, 0.1) is 29.2 Å². The quantitative estimate of drug-likeness (QED) is 0.215. The smallest absolute Gasteiger partial charge is 0.264 e. The van der Waals surface area contributed by atoms with E-state index in [1.807, 2.05) is 6.92 Å². The number of hydrogen-bond acceptors (Lipinski definition) is 7. The van der Waals surface area contributed by atoms with Gasteiger partial charge < -0.3 is 14.8 Å². The first-order chi connectivity index (χ1) is 20.0. The summed E-state index contributed by atoms with van der Waals surface area (Å²) in [6.45, 7) is 1.71. The molecule has 0 spiro atoms. The average molecular weight is 630 g/mol. The summed E-state index contributed by atoms with van der Waals surface area (Å²) < 4.78 is 66.7. The molecule has 220 valence electrons. The van der Waals surface area contributed by atoms with Gasteiger partial charge in [-0.05, 0) is 104 Å². The van der Waals surface area contributed by atoms with Crippen LogP contribution in [0.15, 0.2) is 107 Å². The molecule has 0 aromatic heterocycles. The number of halogens is 1. The Labute approximate surface area is 250 Å². The third-order valence-electron chi connectivity index (χ3n) is 5.92. The van der Waals surface area contributed by atoms with E-state index in [1.54, 1.807) is 48.5 Å². The van der Waals surface area contributed by atoms with Crippen molar-refractivity contribution in [1.29, 1.82) is 0 Å². The van der Waals surface area contributed by atoms with Crippen LogP contribution in [0.3, 0.4) is 0 Å². The summed E-state index contributed by atoms with van der Waals surface area (Å²) in [6, 6.07) is 23.8. The predicted octanol–water partition coefficient (Wildman–Crippen LogP) is 5.38. The van der Waals surface area contributed by atoms with E-state index in [4.69, 9.17) is 21.1 Å². The number of rotatable bonds is 12. The molecule has 0 saturated heterocycles. The first-order valence-electron chi connectivity index (χ1n) is 12.6. The fourth-order valence-corrected chi connectivity index (χ4v) is 6.45. The van der Waals surface area contributed by atoms with Gasteiger partial charge in [-0.3, -0.25) is 13.8 Å². The second kappa shape index (κ2) is 13.1. The van der Waals surface area contributed by atoms with Crippen molar-refractivity contribution in [3.8, 4) is 11.5 Å². The van der Waals surface area contributed by atoms with Gasteiger partial charge in [0.15, 0.2) is 0 Å². The summed E-state index contributed by atoms with van der Waals surface area (Å²) in [6.07, 6.45) is 0. The number of hydrogen-bond donors (Lipinski definition) is 2. The van der Waals surface area contributed by atoms with Crippen molar-refractivity contribution in [3.05, 3.63) is 102 Å². The lowest BCUT2D eigenvalue weighted by molar-refractivity contribution is -0.114. The van der Waals surface area contributed by atoms with Crippen molar-refractivity contribution >= 4 is 54.6 Å². The molecule has 0 fully saturated rings. The third-order valence-corrected chi connectivity index (χ3v) is 9.35. The number of carbonyl (C=O) groups is 1. The van der Waals surface area contributed by atoms with Crippen molar-refractivity contribution in [1.82, 2.24) is 0 Å². The highest BCUT2D eigenvalue weighted by molar-refractivity contribution is 7.93. The zero-order valence-electron chi connectivity index (χ0n) is 22.7. The van der Waals surface area contributed by atoms with E-state index in [0.717, 1.165) is 4.31 Å². The molecule has 13 heteroatoms. The number of methoxy groups -OCH3 is 1.